The first kappa shape index (κ1) is 12.5. The van der Waals surface area contributed by atoms with E-state index in [9.17, 15) is 14.5 Å². The number of anilines is 1. The predicted octanol–water partition coefficient (Wildman–Crippen LogP) is 1.42. The molecule has 2 N–H and O–H groups in total. The van der Waals surface area contributed by atoms with Crippen molar-refractivity contribution in [3.05, 3.63) is 33.6 Å². The number of nitrogen functional groups attached to an aromatic ring is 1. The average Bonchev–Trinajstić information content (AvgIpc) is 1.97. The third-order valence-electron chi connectivity index (χ3n) is 1.44. The Morgan fingerprint density at radius 2 is 2.23 bits per heavy atom. The summed E-state index contributed by atoms with van der Waals surface area (Å²) in [6, 6.07) is 3.66. The summed E-state index contributed by atoms with van der Waals surface area (Å²) in [5.41, 5.74) is 4.34. The molecule has 1 aromatic rings. The molecular formula is C7H6FN2O2Y+2. The van der Waals surface area contributed by atoms with Gasteiger partial charge in [-0.25, -0.2) is 4.39 Å². The number of hydrogen-bond donors (Lipinski definition) is 1. The Kier molecular flexibility index (Phi) is 4.43. The van der Waals surface area contributed by atoms with Gasteiger partial charge in [-0.15, -0.1) is 5.56 Å². The van der Waals surface area contributed by atoms with Crippen LogP contribution in [0.15, 0.2) is 6.07 Å². The molecule has 0 aliphatic carbocycles. The minimum absolute atomic E-state index is 0. The van der Waals surface area contributed by atoms with E-state index in [-0.39, 0.29) is 44.0 Å². The Hall–Kier alpha value is -0.546. The molecule has 4 nitrogen and oxygen atoms in total. The molecule has 0 bridgehead atoms. The third kappa shape index (κ3) is 2.45. The van der Waals surface area contributed by atoms with Gasteiger partial charge in [-0.2, -0.15) is 12.1 Å². The second-order valence-electron chi connectivity index (χ2n) is 2.31. The molecule has 0 amide bonds. The second kappa shape index (κ2) is 4.62. The van der Waals surface area contributed by atoms with Gasteiger partial charge >= 0.3 is 32.7 Å². The van der Waals surface area contributed by atoms with Gasteiger partial charge in [-0.3, -0.25) is 10.1 Å². The first-order valence-electron chi connectivity index (χ1n) is 3.14. The van der Waals surface area contributed by atoms with Crippen molar-refractivity contribution in [2.24, 2.45) is 0 Å². The summed E-state index contributed by atoms with van der Waals surface area (Å²) in [6.45, 7) is 1.41. The normalized spacial score (nSPS) is 9.08. The Morgan fingerprint density at radius 3 is 2.62 bits per heavy atom. The molecule has 0 heterocycles. The fraction of sp³-hybridized carbons (Fsp3) is 0.143. The van der Waals surface area contributed by atoms with Crippen LogP contribution in [-0.4, -0.2) is 4.92 Å². The molecule has 1 rings (SSSR count). The molecule has 0 saturated carbocycles. The van der Waals surface area contributed by atoms with E-state index in [1.165, 1.54) is 13.0 Å². The maximum absolute atomic E-state index is 13.0. The Morgan fingerprint density at radius 1 is 1.69 bits per heavy atom. The summed E-state index contributed by atoms with van der Waals surface area (Å²) >= 11 is 0. The number of nitrogens with two attached hydrogens (primary N) is 1. The van der Waals surface area contributed by atoms with Gasteiger partial charge in [0.15, 0.2) is 0 Å². The van der Waals surface area contributed by atoms with Crippen molar-refractivity contribution < 1.29 is 42.0 Å². The maximum Gasteiger partial charge on any atom is 3.00 e. The van der Waals surface area contributed by atoms with E-state index in [0.717, 1.165) is 0 Å². The number of nitro groups is 1. The van der Waals surface area contributed by atoms with Gasteiger partial charge in [0, 0.05) is 4.92 Å². The zero-order chi connectivity index (χ0) is 9.30. The van der Waals surface area contributed by atoms with Gasteiger partial charge in [0.1, 0.15) is 0 Å². The van der Waals surface area contributed by atoms with Crippen molar-refractivity contribution in [3.8, 4) is 0 Å². The zero-order valence-electron chi connectivity index (χ0n) is 6.87. The number of benzene rings is 1. The van der Waals surface area contributed by atoms with Gasteiger partial charge in [0.25, 0.3) is 0 Å². The largest absolute Gasteiger partial charge is 3.00 e. The monoisotopic (exact) mass is 258 g/mol. The van der Waals surface area contributed by atoms with Crippen LogP contribution < -0.4 is 5.73 Å². The van der Waals surface area contributed by atoms with Crippen molar-refractivity contribution in [2.75, 3.05) is 5.73 Å². The molecule has 0 radical (unpaired) electrons. The van der Waals surface area contributed by atoms with Crippen LogP contribution in [0.25, 0.3) is 0 Å². The molecule has 1 aromatic carbocycles. The summed E-state index contributed by atoms with van der Waals surface area (Å²) in [5, 5.41) is 10.3. The van der Waals surface area contributed by atoms with Gasteiger partial charge in [-0.05, 0) is 5.69 Å². The molecule has 13 heavy (non-hydrogen) atoms. The standard InChI is InChI=1S/C7H6FN2O2.Y/c1-4-2-3-5(9)7(6(4)8)10(11)12;/h2H,9H2,1H3;/q-1;+3. The third-order valence-corrected chi connectivity index (χ3v) is 1.44. The van der Waals surface area contributed by atoms with E-state index in [4.69, 9.17) is 5.73 Å². The van der Waals surface area contributed by atoms with E-state index >= 15 is 0 Å². The van der Waals surface area contributed by atoms with Crippen LogP contribution in [0, 0.1) is 28.9 Å². The van der Waals surface area contributed by atoms with Gasteiger partial charge in [-0.1, -0.05) is 6.92 Å². The summed E-state index contributed by atoms with van der Waals surface area (Å²) in [7, 11) is 0. The molecule has 0 aliphatic heterocycles. The van der Waals surface area contributed by atoms with E-state index in [1.54, 1.807) is 0 Å². The molecule has 0 spiro atoms. The molecule has 0 unspecified atom stereocenters. The van der Waals surface area contributed by atoms with Crippen molar-refractivity contribution in [1.82, 2.24) is 0 Å². The number of rotatable bonds is 1. The Balaban J connectivity index is 0.00000144. The Labute approximate surface area is 99.3 Å². The van der Waals surface area contributed by atoms with Crippen LogP contribution in [0.4, 0.5) is 15.8 Å². The van der Waals surface area contributed by atoms with Crippen LogP contribution in [-0.2, 0) is 32.7 Å². The molecule has 0 aromatic heterocycles. The van der Waals surface area contributed by atoms with Gasteiger partial charge in [0.2, 0.25) is 5.69 Å². The van der Waals surface area contributed by atoms with Crippen molar-refractivity contribution >= 4 is 11.4 Å². The first-order valence-corrected chi connectivity index (χ1v) is 3.14. The number of halogens is 1. The number of aryl methyl sites for hydroxylation is 1. The van der Waals surface area contributed by atoms with Crippen LogP contribution in [0.2, 0.25) is 0 Å². The molecular weight excluding hydrogens is 252 g/mol. The molecule has 0 aliphatic rings. The summed E-state index contributed by atoms with van der Waals surface area (Å²) in [5.74, 6) is -0.892. The molecule has 0 fully saturated rings. The van der Waals surface area contributed by atoms with E-state index < -0.39 is 16.4 Å². The SMILES string of the molecule is Cc1c[c-]c(N)c([N+](=O)[O-])c1F.[Y+3]. The van der Waals surface area contributed by atoms with Gasteiger partial charge < -0.3 is 5.73 Å². The van der Waals surface area contributed by atoms with E-state index in [2.05, 4.69) is 6.07 Å². The van der Waals surface area contributed by atoms with Crippen molar-refractivity contribution in [3.63, 3.8) is 0 Å². The van der Waals surface area contributed by atoms with E-state index in [0.29, 0.717) is 0 Å². The molecule has 6 heteroatoms. The van der Waals surface area contributed by atoms with Crippen molar-refractivity contribution in [2.45, 2.75) is 6.92 Å². The summed E-state index contributed by atoms with van der Waals surface area (Å²) in [6.07, 6.45) is 0. The van der Waals surface area contributed by atoms with Crippen LogP contribution in [0.3, 0.4) is 0 Å². The summed E-state index contributed by atoms with van der Waals surface area (Å²) < 4.78 is 13.0. The van der Waals surface area contributed by atoms with Crippen LogP contribution in [0.5, 0.6) is 0 Å². The van der Waals surface area contributed by atoms with Crippen LogP contribution in [0.1, 0.15) is 5.56 Å². The molecule has 0 saturated heterocycles. The number of hydrogen-bond acceptors (Lipinski definition) is 3. The maximum atomic E-state index is 13.0. The zero-order valence-corrected chi connectivity index (χ0v) is 9.71. The topological polar surface area (TPSA) is 69.2 Å². The first-order chi connectivity index (χ1) is 5.54. The minimum Gasteiger partial charge on any atom is -0.414 e. The van der Waals surface area contributed by atoms with Crippen molar-refractivity contribution in [1.29, 1.82) is 0 Å². The Bertz CT molecular complexity index is 344. The fourth-order valence-corrected chi connectivity index (χ4v) is 0.801. The fourth-order valence-electron chi connectivity index (χ4n) is 0.801. The molecule has 0 atom stereocenters. The smallest absolute Gasteiger partial charge is 0.414 e. The minimum atomic E-state index is -0.892. The second-order valence-corrected chi connectivity index (χ2v) is 2.31. The van der Waals surface area contributed by atoms with Gasteiger partial charge in [0.05, 0.1) is 5.82 Å². The number of nitro benzene ring substituents is 1. The predicted molar refractivity (Wildman–Crippen MR) is 41.0 cm³/mol. The quantitative estimate of drug-likeness (QED) is 0.358. The number of nitrogens with zero attached hydrogens (tertiary/aromatic N) is 1. The van der Waals surface area contributed by atoms with E-state index in [1.807, 2.05) is 0 Å². The molecule has 64 valence electrons. The van der Waals surface area contributed by atoms with Crippen LogP contribution >= 0.6 is 0 Å². The summed E-state index contributed by atoms with van der Waals surface area (Å²) in [4.78, 5) is 9.41. The average molecular weight is 258 g/mol.